The Balaban J connectivity index is 2.94. The van der Waals surface area contributed by atoms with E-state index in [1.807, 2.05) is 0 Å². The highest BCUT2D eigenvalue weighted by molar-refractivity contribution is 7.92. The third-order valence-corrected chi connectivity index (χ3v) is 3.28. The van der Waals surface area contributed by atoms with Crippen molar-refractivity contribution >= 4 is 21.5 Å². The van der Waals surface area contributed by atoms with Crippen molar-refractivity contribution in [2.75, 3.05) is 17.6 Å². The normalized spacial score (nSPS) is 11.2. The Kier molecular flexibility index (Phi) is 6.01. The molecule has 1 aromatic carbocycles. The van der Waals surface area contributed by atoms with Crippen molar-refractivity contribution in [1.29, 1.82) is 0 Å². The van der Waals surface area contributed by atoms with Crippen molar-refractivity contribution in [2.24, 2.45) is 0 Å². The highest BCUT2D eigenvalue weighted by Gasteiger charge is 2.11. The molecule has 0 spiro atoms. The van der Waals surface area contributed by atoms with Crippen LogP contribution in [0.5, 0.6) is 5.75 Å². The second-order valence-corrected chi connectivity index (χ2v) is 6.45. The van der Waals surface area contributed by atoms with Crippen molar-refractivity contribution in [3.05, 3.63) is 23.8 Å². The number of hydrogen-bond donors (Lipinski definition) is 1. The fraction of sp³-hybridized carbons (Fsp3) is 0.500. The lowest BCUT2D eigenvalue weighted by Crippen LogP contribution is -2.11. The Bertz CT molecular complexity index is 567. The third-order valence-electron chi connectivity index (χ3n) is 2.69. The summed E-state index contributed by atoms with van der Waals surface area (Å²) in [5.74, 6) is 0.300. The lowest BCUT2D eigenvalue weighted by atomic mass is 10.1. The molecule has 0 radical (unpaired) electrons. The van der Waals surface area contributed by atoms with Crippen molar-refractivity contribution < 1.29 is 17.9 Å². The monoisotopic (exact) mass is 299 g/mol. The molecule has 0 aliphatic rings. The van der Waals surface area contributed by atoms with Crippen LogP contribution in [0.1, 0.15) is 43.5 Å². The molecule has 1 N–H and O–H groups in total. The van der Waals surface area contributed by atoms with Gasteiger partial charge in [-0.15, -0.1) is 0 Å². The van der Waals surface area contributed by atoms with Crippen LogP contribution in [0, 0.1) is 0 Å². The third kappa shape index (κ3) is 5.61. The first kappa shape index (κ1) is 16.5. The van der Waals surface area contributed by atoms with Gasteiger partial charge in [0.05, 0.1) is 18.6 Å². The number of sulfonamides is 1. The summed E-state index contributed by atoms with van der Waals surface area (Å²) in [6, 6.07) is 4.70. The molecule has 0 aromatic heterocycles. The first-order valence-electron chi connectivity index (χ1n) is 6.59. The van der Waals surface area contributed by atoms with E-state index in [-0.39, 0.29) is 5.78 Å². The summed E-state index contributed by atoms with van der Waals surface area (Å²) >= 11 is 0. The number of Topliss-reactive ketones (excluding diaryl/α,β-unsaturated/α-hetero) is 1. The SMILES string of the molecule is CCCCCOc1cc(C(C)=O)ccc1NS(C)(=O)=O. The van der Waals surface area contributed by atoms with Crippen molar-refractivity contribution in [1.82, 2.24) is 0 Å². The van der Waals surface area contributed by atoms with Crippen LogP contribution < -0.4 is 9.46 Å². The van der Waals surface area contributed by atoms with Gasteiger partial charge in [0.25, 0.3) is 0 Å². The highest BCUT2D eigenvalue weighted by Crippen LogP contribution is 2.27. The second-order valence-electron chi connectivity index (χ2n) is 4.70. The number of anilines is 1. The molecule has 0 fully saturated rings. The van der Waals surface area contributed by atoms with Crippen LogP contribution in [-0.2, 0) is 10.0 Å². The number of benzene rings is 1. The molecule has 0 saturated heterocycles. The molecule has 0 bridgehead atoms. The maximum Gasteiger partial charge on any atom is 0.229 e. The van der Waals surface area contributed by atoms with Crippen LogP contribution in [0.25, 0.3) is 0 Å². The zero-order chi connectivity index (χ0) is 15.2. The lowest BCUT2D eigenvalue weighted by Gasteiger charge is -2.13. The Morgan fingerprint density at radius 3 is 2.55 bits per heavy atom. The van der Waals surface area contributed by atoms with Crippen molar-refractivity contribution in [3.63, 3.8) is 0 Å². The minimum absolute atomic E-state index is 0.0886. The summed E-state index contributed by atoms with van der Waals surface area (Å²) in [5, 5.41) is 0. The zero-order valence-corrected chi connectivity index (χ0v) is 12.9. The summed E-state index contributed by atoms with van der Waals surface area (Å²) in [4.78, 5) is 11.4. The van der Waals surface area contributed by atoms with Gasteiger partial charge in [0.15, 0.2) is 5.78 Å². The number of ether oxygens (including phenoxy) is 1. The molecule has 1 rings (SSSR count). The van der Waals surface area contributed by atoms with Gasteiger partial charge in [-0.05, 0) is 31.5 Å². The fourth-order valence-electron chi connectivity index (χ4n) is 1.68. The number of nitrogens with one attached hydrogen (secondary N) is 1. The minimum Gasteiger partial charge on any atom is -0.491 e. The van der Waals surface area contributed by atoms with E-state index in [1.54, 1.807) is 18.2 Å². The molecule has 0 saturated carbocycles. The molecule has 6 heteroatoms. The van der Waals surface area contributed by atoms with Gasteiger partial charge in [-0.25, -0.2) is 8.42 Å². The molecule has 5 nitrogen and oxygen atoms in total. The summed E-state index contributed by atoms with van der Waals surface area (Å²) in [5.41, 5.74) is 0.851. The zero-order valence-electron chi connectivity index (χ0n) is 12.1. The van der Waals surface area contributed by atoms with E-state index < -0.39 is 10.0 Å². The quantitative estimate of drug-likeness (QED) is 0.592. The van der Waals surface area contributed by atoms with Crippen molar-refractivity contribution in [3.8, 4) is 5.75 Å². The molecule has 0 aliphatic heterocycles. The van der Waals surface area contributed by atoms with Gasteiger partial charge < -0.3 is 4.74 Å². The molecular formula is C14H21NO4S. The Labute approximate surface area is 120 Å². The molecule has 0 atom stereocenters. The van der Waals surface area contributed by atoms with E-state index in [1.165, 1.54) is 6.92 Å². The molecule has 20 heavy (non-hydrogen) atoms. The van der Waals surface area contributed by atoms with E-state index >= 15 is 0 Å². The maximum absolute atomic E-state index is 11.4. The van der Waals surface area contributed by atoms with Crippen LogP contribution in [0.2, 0.25) is 0 Å². The van der Waals surface area contributed by atoms with E-state index in [2.05, 4.69) is 11.6 Å². The summed E-state index contributed by atoms with van der Waals surface area (Å²) in [6.45, 7) is 4.04. The number of unbranched alkanes of at least 4 members (excludes halogenated alkanes) is 2. The summed E-state index contributed by atoms with van der Waals surface area (Å²) < 4.78 is 30.6. The van der Waals surface area contributed by atoms with E-state index in [0.29, 0.717) is 23.6 Å². The van der Waals surface area contributed by atoms with Gasteiger partial charge in [-0.2, -0.15) is 0 Å². The van der Waals surface area contributed by atoms with Gasteiger partial charge in [0.2, 0.25) is 10.0 Å². The number of carbonyl (C=O) groups excluding carboxylic acids is 1. The molecule has 0 unspecified atom stereocenters. The van der Waals surface area contributed by atoms with E-state index in [4.69, 9.17) is 4.74 Å². The molecule has 0 heterocycles. The standard InChI is InChI=1S/C14H21NO4S/c1-4-5-6-9-19-14-10-12(11(2)16)7-8-13(14)15-20(3,17)18/h7-8,10,15H,4-6,9H2,1-3H3. The summed E-state index contributed by atoms with van der Waals surface area (Å²) in [6.07, 6.45) is 4.08. The van der Waals surface area contributed by atoms with Gasteiger partial charge in [0, 0.05) is 5.56 Å². The van der Waals surface area contributed by atoms with Crippen LogP contribution in [0.3, 0.4) is 0 Å². The Hall–Kier alpha value is -1.56. The lowest BCUT2D eigenvalue weighted by molar-refractivity contribution is 0.101. The topological polar surface area (TPSA) is 72.5 Å². The maximum atomic E-state index is 11.4. The highest BCUT2D eigenvalue weighted by atomic mass is 32.2. The van der Waals surface area contributed by atoms with Crippen molar-refractivity contribution in [2.45, 2.75) is 33.1 Å². The smallest absolute Gasteiger partial charge is 0.229 e. The van der Waals surface area contributed by atoms with Gasteiger partial charge in [-0.3, -0.25) is 9.52 Å². The molecule has 0 amide bonds. The molecule has 112 valence electrons. The van der Waals surface area contributed by atoms with Crippen LogP contribution in [0.4, 0.5) is 5.69 Å². The second kappa shape index (κ2) is 7.28. The molecule has 1 aromatic rings. The predicted molar refractivity (Wildman–Crippen MR) is 79.9 cm³/mol. The van der Waals surface area contributed by atoms with Gasteiger partial charge in [0.1, 0.15) is 5.75 Å². The first-order chi connectivity index (χ1) is 9.33. The first-order valence-corrected chi connectivity index (χ1v) is 8.48. The van der Waals surface area contributed by atoms with Gasteiger partial charge >= 0.3 is 0 Å². The number of hydrogen-bond acceptors (Lipinski definition) is 4. The predicted octanol–water partition coefficient (Wildman–Crippen LogP) is 2.83. The number of carbonyl (C=O) groups is 1. The Morgan fingerprint density at radius 1 is 1.30 bits per heavy atom. The average molecular weight is 299 g/mol. The number of ketones is 1. The van der Waals surface area contributed by atoms with Crippen LogP contribution in [-0.4, -0.2) is 27.1 Å². The molecular weight excluding hydrogens is 278 g/mol. The fourth-order valence-corrected chi connectivity index (χ4v) is 2.25. The average Bonchev–Trinajstić information content (AvgIpc) is 2.34. The number of rotatable bonds is 8. The van der Waals surface area contributed by atoms with E-state index in [9.17, 15) is 13.2 Å². The Morgan fingerprint density at radius 2 is 2.00 bits per heavy atom. The van der Waals surface area contributed by atoms with Gasteiger partial charge in [-0.1, -0.05) is 19.8 Å². The van der Waals surface area contributed by atoms with E-state index in [0.717, 1.165) is 25.5 Å². The summed E-state index contributed by atoms with van der Waals surface area (Å²) in [7, 11) is -3.38. The largest absolute Gasteiger partial charge is 0.491 e. The molecule has 0 aliphatic carbocycles. The van der Waals surface area contributed by atoms with Crippen LogP contribution >= 0.6 is 0 Å². The van der Waals surface area contributed by atoms with Crippen LogP contribution in [0.15, 0.2) is 18.2 Å². The minimum atomic E-state index is -3.38.